The molecule has 0 radical (unpaired) electrons. The average molecular weight is 413 g/mol. The molecule has 2 aromatic rings. The maximum absolute atomic E-state index is 9.15. The van der Waals surface area contributed by atoms with Gasteiger partial charge in [-0.15, -0.1) is 10.2 Å². The highest BCUT2D eigenvalue weighted by molar-refractivity contribution is 9.38. The number of aromatic hydroxyl groups is 1. The van der Waals surface area contributed by atoms with Crippen LogP contribution in [0.5, 0.6) is 5.75 Å². The minimum absolute atomic E-state index is 0.194. The molecule has 2 rings (SSSR count). The highest BCUT2D eigenvalue weighted by atomic mass is 80.0. The molecular weight excluding hydrogens is 408 g/mol. The van der Waals surface area contributed by atoms with Crippen molar-refractivity contribution in [1.29, 1.82) is 0 Å². The summed E-state index contributed by atoms with van der Waals surface area (Å²) in [5.74, 6) is 0.938. The van der Waals surface area contributed by atoms with E-state index in [-0.39, 0.29) is 5.75 Å². The van der Waals surface area contributed by atoms with Crippen molar-refractivity contribution in [1.82, 2.24) is 10.2 Å². The van der Waals surface area contributed by atoms with Gasteiger partial charge in [-0.3, -0.25) is 0 Å². The molecule has 0 unspecified atom stereocenters. The molecule has 16 heavy (non-hydrogen) atoms. The molecule has 0 atom stereocenters. The van der Waals surface area contributed by atoms with Crippen LogP contribution in [-0.2, 0) is 2.14 Å². The van der Waals surface area contributed by atoms with Crippen LogP contribution in [0.4, 0.5) is 0 Å². The number of phenols is 1. The van der Waals surface area contributed by atoms with Gasteiger partial charge in [0.1, 0.15) is 5.75 Å². The van der Waals surface area contributed by atoms with E-state index >= 15 is 0 Å². The molecule has 1 aromatic heterocycles. The molecule has 84 valence electrons. The number of halogens is 3. The number of alkyl halides is 3. The van der Waals surface area contributed by atoms with Crippen molar-refractivity contribution in [2.24, 2.45) is 0 Å². The van der Waals surface area contributed by atoms with Gasteiger partial charge in [0, 0.05) is 5.56 Å². The minimum atomic E-state index is -0.713. The lowest BCUT2D eigenvalue weighted by Crippen LogP contribution is -1.97. The Morgan fingerprint density at radius 1 is 1.06 bits per heavy atom. The Balaban J connectivity index is 2.35. The second-order valence-corrected chi connectivity index (χ2v) is 9.72. The SMILES string of the molecule is Oc1ccc(-c2nnc(C(Br)(Br)Br)o2)cc1. The van der Waals surface area contributed by atoms with Gasteiger partial charge >= 0.3 is 0 Å². The van der Waals surface area contributed by atoms with Crippen LogP contribution in [0.1, 0.15) is 5.89 Å². The molecular formula is C9H5Br3N2O2. The fourth-order valence-corrected chi connectivity index (χ4v) is 1.54. The minimum Gasteiger partial charge on any atom is -0.508 e. The van der Waals surface area contributed by atoms with Gasteiger partial charge in [-0.25, -0.2) is 0 Å². The van der Waals surface area contributed by atoms with Gasteiger partial charge in [-0.2, -0.15) is 0 Å². The molecule has 0 saturated heterocycles. The summed E-state index contributed by atoms with van der Waals surface area (Å²) < 4.78 is 4.72. The fraction of sp³-hybridized carbons (Fsp3) is 0.111. The average Bonchev–Trinajstić information content (AvgIpc) is 2.67. The Morgan fingerprint density at radius 3 is 2.19 bits per heavy atom. The topological polar surface area (TPSA) is 59.2 Å². The molecule has 0 fully saturated rings. The van der Waals surface area contributed by atoms with Crippen molar-refractivity contribution in [2.45, 2.75) is 2.14 Å². The fourth-order valence-electron chi connectivity index (χ4n) is 1.06. The summed E-state index contributed by atoms with van der Waals surface area (Å²) in [4.78, 5) is 0. The van der Waals surface area contributed by atoms with Crippen LogP contribution in [0.2, 0.25) is 0 Å². The third-order valence-corrected chi connectivity index (χ3v) is 2.80. The molecule has 0 spiro atoms. The number of rotatable bonds is 1. The van der Waals surface area contributed by atoms with E-state index < -0.39 is 2.14 Å². The van der Waals surface area contributed by atoms with E-state index in [1.807, 2.05) is 0 Å². The highest BCUT2D eigenvalue weighted by Crippen LogP contribution is 2.44. The Hall–Kier alpha value is -0.400. The summed E-state index contributed by atoms with van der Waals surface area (Å²) >= 11 is 9.84. The quantitative estimate of drug-likeness (QED) is 0.725. The number of hydrogen-bond acceptors (Lipinski definition) is 4. The van der Waals surface area contributed by atoms with Crippen LogP contribution in [-0.4, -0.2) is 15.3 Å². The Kier molecular flexibility index (Phi) is 3.37. The van der Waals surface area contributed by atoms with Crippen molar-refractivity contribution in [3.05, 3.63) is 30.2 Å². The largest absolute Gasteiger partial charge is 0.508 e. The van der Waals surface area contributed by atoms with E-state index in [1.165, 1.54) is 0 Å². The number of aromatic nitrogens is 2. The van der Waals surface area contributed by atoms with E-state index in [2.05, 4.69) is 58.0 Å². The third-order valence-electron chi connectivity index (χ3n) is 1.78. The monoisotopic (exact) mass is 410 g/mol. The molecule has 0 aliphatic rings. The normalized spacial score (nSPS) is 11.7. The highest BCUT2D eigenvalue weighted by Gasteiger charge is 2.28. The molecule has 1 aromatic carbocycles. The van der Waals surface area contributed by atoms with Crippen molar-refractivity contribution in [3.8, 4) is 17.2 Å². The van der Waals surface area contributed by atoms with Gasteiger partial charge < -0.3 is 9.52 Å². The standard InChI is InChI=1S/C9H5Br3N2O2/c10-9(11,12)8-14-13-7(16-8)5-1-3-6(15)4-2-5/h1-4,15H. The third kappa shape index (κ3) is 2.64. The lowest BCUT2D eigenvalue weighted by atomic mass is 10.2. The zero-order valence-corrected chi connectivity index (χ0v) is 12.5. The predicted octanol–water partition coefficient (Wildman–Crippen LogP) is 3.74. The van der Waals surface area contributed by atoms with E-state index in [9.17, 15) is 0 Å². The molecule has 1 N–H and O–H groups in total. The van der Waals surface area contributed by atoms with E-state index in [0.29, 0.717) is 11.8 Å². The second kappa shape index (κ2) is 4.46. The van der Waals surface area contributed by atoms with Gasteiger partial charge in [0.15, 0.2) is 0 Å². The summed E-state index contributed by atoms with van der Waals surface area (Å²) in [5, 5.41) is 16.9. The van der Waals surface area contributed by atoms with E-state index in [0.717, 1.165) is 5.56 Å². The van der Waals surface area contributed by atoms with E-state index in [1.54, 1.807) is 24.3 Å². The van der Waals surface area contributed by atoms with Crippen LogP contribution in [0, 0.1) is 0 Å². The molecule has 0 aliphatic carbocycles. The van der Waals surface area contributed by atoms with Crippen molar-refractivity contribution in [2.75, 3.05) is 0 Å². The van der Waals surface area contributed by atoms with Gasteiger partial charge in [-0.05, 0) is 72.1 Å². The molecule has 0 amide bonds. The van der Waals surface area contributed by atoms with Crippen LogP contribution in [0.3, 0.4) is 0 Å². The van der Waals surface area contributed by atoms with Gasteiger partial charge in [-0.1, -0.05) is 0 Å². The predicted molar refractivity (Wildman–Crippen MR) is 69.9 cm³/mol. The first-order chi connectivity index (χ1) is 7.47. The molecule has 4 nitrogen and oxygen atoms in total. The number of nitrogens with zero attached hydrogens (tertiary/aromatic N) is 2. The number of hydrogen-bond donors (Lipinski definition) is 1. The lowest BCUT2D eigenvalue weighted by Gasteiger charge is -2.03. The van der Waals surface area contributed by atoms with Gasteiger partial charge in [0.05, 0.1) is 0 Å². The summed E-state index contributed by atoms with van der Waals surface area (Å²) in [6.07, 6.45) is 0. The first kappa shape index (κ1) is 12.1. The van der Waals surface area contributed by atoms with E-state index in [4.69, 9.17) is 9.52 Å². The molecule has 1 heterocycles. The van der Waals surface area contributed by atoms with Crippen molar-refractivity contribution >= 4 is 47.8 Å². The van der Waals surface area contributed by atoms with Crippen LogP contribution >= 0.6 is 47.8 Å². The zero-order chi connectivity index (χ0) is 11.8. The summed E-state index contributed by atoms with van der Waals surface area (Å²) in [5.41, 5.74) is 0.744. The zero-order valence-electron chi connectivity index (χ0n) is 7.69. The molecule has 0 aliphatic heterocycles. The number of phenolic OH excluding ortho intramolecular Hbond substituents is 1. The Labute approximate surface area is 116 Å². The van der Waals surface area contributed by atoms with Crippen LogP contribution < -0.4 is 0 Å². The summed E-state index contributed by atoms with van der Waals surface area (Å²) in [6.45, 7) is 0. The first-order valence-corrected chi connectivity index (χ1v) is 6.55. The summed E-state index contributed by atoms with van der Waals surface area (Å²) in [6, 6.07) is 6.52. The maximum Gasteiger partial charge on any atom is 0.255 e. The summed E-state index contributed by atoms with van der Waals surface area (Å²) in [7, 11) is 0. The smallest absolute Gasteiger partial charge is 0.255 e. The molecule has 7 heteroatoms. The number of benzene rings is 1. The van der Waals surface area contributed by atoms with Crippen LogP contribution in [0.25, 0.3) is 11.5 Å². The molecule has 0 saturated carbocycles. The molecule has 0 bridgehead atoms. The second-order valence-electron chi connectivity index (χ2n) is 2.96. The first-order valence-electron chi connectivity index (χ1n) is 4.17. The Morgan fingerprint density at radius 2 is 1.69 bits per heavy atom. The van der Waals surface area contributed by atoms with Crippen molar-refractivity contribution < 1.29 is 9.52 Å². The van der Waals surface area contributed by atoms with Crippen LogP contribution in [0.15, 0.2) is 28.7 Å². The van der Waals surface area contributed by atoms with Crippen molar-refractivity contribution in [3.63, 3.8) is 0 Å². The lowest BCUT2D eigenvalue weighted by molar-refractivity contribution is 0.475. The van der Waals surface area contributed by atoms with Gasteiger partial charge in [0.25, 0.3) is 5.89 Å². The maximum atomic E-state index is 9.15. The van der Waals surface area contributed by atoms with Gasteiger partial charge in [0.2, 0.25) is 8.03 Å². The Bertz CT molecular complexity index is 490.